The number of anilines is 1. The molecule has 1 aromatic heterocycles. The number of thiazole rings is 1. The molecular weight excluding hydrogens is 336 g/mol. The number of hydrogen-bond acceptors (Lipinski definition) is 5. The third-order valence-electron chi connectivity index (χ3n) is 3.24. The maximum absolute atomic E-state index is 12.5. The summed E-state index contributed by atoms with van der Waals surface area (Å²) in [6.45, 7) is 0. The minimum atomic E-state index is -0.306. The number of aromatic nitrogens is 1. The van der Waals surface area contributed by atoms with Gasteiger partial charge in [0.05, 0.1) is 29.5 Å². The second-order valence-electron chi connectivity index (χ2n) is 4.63. The Morgan fingerprint density at radius 3 is 2.74 bits per heavy atom. The average molecular weight is 349 g/mol. The van der Waals surface area contributed by atoms with Crippen LogP contribution in [-0.4, -0.2) is 25.1 Å². The van der Waals surface area contributed by atoms with Crippen molar-refractivity contribution in [3.63, 3.8) is 0 Å². The van der Waals surface area contributed by atoms with E-state index in [-0.39, 0.29) is 5.91 Å². The van der Waals surface area contributed by atoms with Gasteiger partial charge < -0.3 is 9.47 Å². The molecule has 3 aromatic rings. The lowest BCUT2D eigenvalue weighted by atomic mass is 10.2. The summed E-state index contributed by atoms with van der Waals surface area (Å²) in [6.07, 6.45) is 0. The molecule has 0 aliphatic rings. The quantitative estimate of drug-likeness (QED) is 0.766. The first-order chi connectivity index (χ1) is 11.1. The van der Waals surface area contributed by atoms with Gasteiger partial charge >= 0.3 is 0 Å². The summed E-state index contributed by atoms with van der Waals surface area (Å²) in [5.74, 6) is 0.742. The number of fused-ring (bicyclic) bond motifs is 1. The molecule has 0 fully saturated rings. The first-order valence-corrected chi connectivity index (χ1v) is 7.90. The molecule has 1 amide bonds. The molecule has 0 saturated carbocycles. The smallest absolute Gasteiger partial charge is 0.261 e. The lowest BCUT2D eigenvalue weighted by molar-refractivity contribution is 0.102. The van der Waals surface area contributed by atoms with Crippen LogP contribution in [0.15, 0.2) is 36.4 Å². The minimum Gasteiger partial charge on any atom is -0.497 e. The van der Waals surface area contributed by atoms with Crippen molar-refractivity contribution in [2.75, 3.05) is 19.5 Å². The number of nitrogens with one attached hydrogen (secondary N) is 1. The molecule has 1 N–H and O–H groups in total. The largest absolute Gasteiger partial charge is 0.497 e. The van der Waals surface area contributed by atoms with Crippen LogP contribution in [0, 0.1) is 0 Å². The first kappa shape index (κ1) is 15.6. The predicted octanol–water partition coefficient (Wildman–Crippen LogP) is 4.22. The lowest BCUT2D eigenvalue weighted by Crippen LogP contribution is -2.13. The van der Waals surface area contributed by atoms with Gasteiger partial charge in [0, 0.05) is 6.07 Å². The fourth-order valence-corrected chi connectivity index (χ4v) is 3.28. The number of hydrogen-bond donors (Lipinski definition) is 1. The van der Waals surface area contributed by atoms with Crippen molar-refractivity contribution < 1.29 is 14.3 Å². The molecule has 0 spiro atoms. The Kier molecular flexibility index (Phi) is 4.36. The van der Waals surface area contributed by atoms with Gasteiger partial charge in [0.1, 0.15) is 17.0 Å². The number of ether oxygens (including phenoxy) is 2. The Morgan fingerprint density at radius 1 is 1.22 bits per heavy atom. The van der Waals surface area contributed by atoms with Crippen LogP contribution in [0.25, 0.3) is 10.2 Å². The molecule has 1 heterocycles. The van der Waals surface area contributed by atoms with Crippen molar-refractivity contribution in [3.8, 4) is 11.5 Å². The zero-order valence-electron chi connectivity index (χ0n) is 12.4. The normalized spacial score (nSPS) is 10.6. The number of carbonyl (C=O) groups excluding carboxylic acids is 1. The molecular formula is C16H13ClN2O3S. The number of methoxy groups -OCH3 is 2. The van der Waals surface area contributed by atoms with Gasteiger partial charge in [-0.05, 0) is 24.3 Å². The van der Waals surface area contributed by atoms with Crippen LogP contribution < -0.4 is 14.8 Å². The SMILES string of the molecule is COc1ccc(C(=O)Nc2nc3c(Cl)cccc3s2)c(OC)c1. The maximum atomic E-state index is 12.5. The highest BCUT2D eigenvalue weighted by molar-refractivity contribution is 7.22. The molecule has 23 heavy (non-hydrogen) atoms. The number of rotatable bonds is 4. The number of benzene rings is 2. The highest BCUT2D eigenvalue weighted by Gasteiger charge is 2.16. The standard InChI is InChI=1S/C16H13ClN2O3S/c1-21-9-6-7-10(12(8-9)22-2)15(20)19-16-18-14-11(17)4-3-5-13(14)23-16/h3-8H,1-2H3,(H,18,19,20). The van der Waals surface area contributed by atoms with E-state index in [1.165, 1.54) is 18.4 Å². The van der Waals surface area contributed by atoms with Crippen LogP contribution in [0.1, 0.15) is 10.4 Å². The molecule has 2 aromatic carbocycles. The fraction of sp³-hybridized carbons (Fsp3) is 0.125. The first-order valence-electron chi connectivity index (χ1n) is 6.71. The van der Waals surface area contributed by atoms with Gasteiger partial charge in [-0.1, -0.05) is 29.0 Å². The van der Waals surface area contributed by atoms with Crippen LogP contribution in [0.2, 0.25) is 5.02 Å². The van der Waals surface area contributed by atoms with Gasteiger partial charge in [0.25, 0.3) is 5.91 Å². The summed E-state index contributed by atoms with van der Waals surface area (Å²) in [5, 5.41) is 3.82. The van der Waals surface area contributed by atoms with E-state index in [2.05, 4.69) is 10.3 Å². The molecule has 3 rings (SSSR count). The summed E-state index contributed by atoms with van der Waals surface area (Å²) in [6, 6.07) is 10.5. The Morgan fingerprint density at radius 2 is 2.04 bits per heavy atom. The van der Waals surface area contributed by atoms with Gasteiger partial charge in [0.15, 0.2) is 5.13 Å². The summed E-state index contributed by atoms with van der Waals surface area (Å²) >= 11 is 7.47. The monoisotopic (exact) mass is 348 g/mol. The Hall–Kier alpha value is -2.31. The number of nitrogens with zero attached hydrogens (tertiary/aromatic N) is 1. The van der Waals surface area contributed by atoms with E-state index in [9.17, 15) is 4.79 Å². The summed E-state index contributed by atoms with van der Waals surface area (Å²) in [5.41, 5.74) is 1.08. The van der Waals surface area contributed by atoms with Crippen LogP contribution in [0.5, 0.6) is 11.5 Å². The second-order valence-corrected chi connectivity index (χ2v) is 6.06. The van der Waals surface area contributed by atoms with Gasteiger partial charge in [-0.15, -0.1) is 0 Å². The van der Waals surface area contributed by atoms with E-state index in [1.54, 1.807) is 31.4 Å². The summed E-state index contributed by atoms with van der Waals surface area (Å²) < 4.78 is 11.3. The van der Waals surface area contributed by atoms with Gasteiger partial charge in [0.2, 0.25) is 0 Å². The molecule has 0 radical (unpaired) electrons. The van der Waals surface area contributed by atoms with Crippen molar-refractivity contribution >= 4 is 44.2 Å². The van der Waals surface area contributed by atoms with Crippen LogP contribution in [-0.2, 0) is 0 Å². The molecule has 0 aliphatic carbocycles. The third-order valence-corrected chi connectivity index (χ3v) is 4.48. The van der Waals surface area contributed by atoms with E-state index < -0.39 is 0 Å². The van der Waals surface area contributed by atoms with E-state index >= 15 is 0 Å². The van der Waals surface area contributed by atoms with Crippen LogP contribution in [0.4, 0.5) is 5.13 Å². The van der Waals surface area contributed by atoms with Crippen molar-refractivity contribution in [2.24, 2.45) is 0 Å². The van der Waals surface area contributed by atoms with E-state index in [4.69, 9.17) is 21.1 Å². The van der Waals surface area contributed by atoms with Crippen molar-refractivity contribution in [1.82, 2.24) is 4.98 Å². The number of para-hydroxylation sites is 1. The van der Waals surface area contributed by atoms with Gasteiger partial charge in [-0.25, -0.2) is 4.98 Å². The molecule has 0 bridgehead atoms. The average Bonchev–Trinajstić information content (AvgIpc) is 2.98. The molecule has 0 aliphatic heterocycles. The summed E-state index contributed by atoms with van der Waals surface area (Å²) in [4.78, 5) is 16.8. The second kappa shape index (κ2) is 6.44. The van der Waals surface area contributed by atoms with E-state index in [0.29, 0.717) is 32.7 Å². The third kappa shape index (κ3) is 3.09. The van der Waals surface area contributed by atoms with Crippen LogP contribution in [0.3, 0.4) is 0 Å². The Bertz CT molecular complexity index is 879. The van der Waals surface area contributed by atoms with E-state index in [0.717, 1.165) is 4.70 Å². The number of amides is 1. The molecule has 7 heteroatoms. The Balaban J connectivity index is 1.90. The Labute approximate surface area is 141 Å². The summed E-state index contributed by atoms with van der Waals surface area (Å²) in [7, 11) is 3.06. The highest BCUT2D eigenvalue weighted by atomic mass is 35.5. The minimum absolute atomic E-state index is 0.306. The lowest BCUT2D eigenvalue weighted by Gasteiger charge is -2.09. The molecule has 0 saturated heterocycles. The zero-order chi connectivity index (χ0) is 16.4. The highest BCUT2D eigenvalue weighted by Crippen LogP contribution is 2.31. The van der Waals surface area contributed by atoms with Crippen molar-refractivity contribution in [1.29, 1.82) is 0 Å². The van der Waals surface area contributed by atoms with Crippen molar-refractivity contribution in [2.45, 2.75) is 0 Å². The molecule has 5 nitrogen and oxygen atoms in total. The topological polar surface area (TPSA) is 60.5 Å². The van der Waals surface area contributed by atoms with Crippen molar-refractivity contribution in [3.05, 3.63) is 47.0 Å². The fourth-order valence-electron chi connectivity index (χ4n) is 2.12. The number of carbonyl (C=O) groups is 1. The maximum Gasteiger partial charge on any atom is 0.261 e. The molecule has 118 valence electrons. The van der Waals surface area contributed by atoms with E-state index in [1.807, 2.05) is 12.1 Å². The zero-order valence-corrected chi connectivity index (χ0v) is 14.0. The molecule has 0 atom stereocenters. The molecule has 0 unspecified atom stereocenters. The van der Waals surface area contributed by atoms with Gasteiger partial charge in [-0.3, -0.25) is 10.1 Å². The van der Waals surface area contributed by atoms with Crippen LogP contribution >= 0.6 is 22.9 Å². The van der Waals surface area contributed by atoms with Gasteiger partial charge in [-0.2, -0.15) is 0 Å². The predicted molar refractivity (Wildman–Crippen MR) is 92.1 cm³/mol. The number of halogens is 1.